The predicted octanol–water partition coefficient (Wildman–Crippen LogP) is 1.61. The highest BCUT2D eigenvalue weighted by Crippen LogP contribution is 2.24. The second-order valence-corrected chi connectivity index (χ2v) is 4.73. The van der Waals surface area contributed by atoms with Crippen LogP contribution in [0.3, 0.4) is 0 Å². The van der Waals surface area contributed by atoms with Crippen LogP contribution in [-0.4, -0.2) is 35.0 Å². The van der Waals surface area contributed by atoms with Gasteiger partial charge < -0.3 is 15.7 Å². The van der Waals surface area contributed by atoms with E-state index in [0.29, 0.717) is 23.7 Å². The maximum absolute atomic E-state index is 12.1. The Labute approximate surface area is 105 Å². The minimum absolute atomic E-state index is 0.0719. The van der Waals surface area contributed by atoms with Crippen LogP contribution in [-0.2, 0) is 0 Å². The highest BCUT2D eigenvalue weighted by molar-refractivity contribution is 6.30. The third kappa shape index (κ3) is 2.70. The molecule has 1 saturated heterocycles. The summed E-state index contributed by atoms with van der Waals surface area (Å²) in [7, 11) is 0. The second kappa shape index (κ2) is 4.94. The normalized spacial score (nSPS) is 17.2. The van der Waals surface area contributed by atoms with Gasteiger partial charge in [0.05, 0.1) is 5.56 Å². The van der Waals surface area contributed by atoms with Gasteiger partial charge in [-0.25, -0.2) is 0 Å². The third-order valence-corrected chi connectivity index (χ3v) is 3.25. The molecule has 1 fully saturated rings. The summed E-state index contributed by atoms with van der Waals surface area (Å²) in [4.78, 5) is 13.8. The van der Waals surface area contributed by atoms with Crippen LogP contribution in [0.15, 0.2) is 18.2 Å². The maximum atomic E-state index is 12.1. The number of hydrogen-bond acceptors (Lipinski definition) is 3. The summed E-state index contributed by atoms with van der Waals surface area (Å²) in [5.74, 6) is -0.233. The Kier molecular flexibility index (Phi) is 3.54. The fraction of sp³-hybridized carbons (Fsp3) is 0.417. The van der Waals surface area contributed by atoms with Crippen molar-refractivity contribution >= 4 is 17.5 Å². The molecule has 17 heavy (non-hydrogen) atoms. The Bertz CT molecular complexity index is 429. The molecule has 0 aliphatic carbocycles. The van der Waals surface area contributed by atoms with Crippen molar-refractivity contribution in [3.63, 3.8) is 0 Å². The lowest BCUT2D eigenvalue weighted by molar-refractivity contribution is 0.0712. The third-order valence-electron chi connectivity index (χ3n) is 3.02. The number of rotatable bonds is 1. The lowest BCUT2D eigenvalue weighted by Crippen LogP contribution is -2.42. The van der Waals surface area contributed by atoms with Gasteiger partial charge in [-0.15, -0.1) is 0 Å². The summed E-state index contributed by atoms with van der Waals surface area (Å²) in [5.41, 5.74) is 6.08. The average molecular weight is 255 g/mol. The van der Waals surface area contributed by atoms with Crippen LogP contribution in [0.25, 0.3) is 0 Å². The number of halogens is 1. The zero-order chi connectivity index (χ0) is 12.4. The molecule has 0 bridgehead atoms. The highest BCUT2D eigenvalue weighted by Gasteiger charge is 2.23. The van der Waals surface area contributed by atoms with Crippen molar-refractivity contribution in [2.24, 2.45) is 5.73 Å². The first-order valence-electron chi connectivity index (χ1n) is 5.61. The SMILES string of the molecule is NC1CCN(C(=O)c2ccc(Cl)cc2O)CC1. The number of likely N-dealkylation sites (tertiary alicyclic amines) is 1. The first kappa shape index (κ1) is 12.2. The molecule has 1 aromatic rings. The standard InChI is InChI=1S/C12H15ClN2O2/c13-8-1-2-10(11(16)7-8)12(17)15-5-3-9(14)4-6-15/h1-2,7,9,16H,3-6,14H2. The molecule has 3 N–H and O–H groups in total. The summed E-state index contributed by atoms with van der Waals surface area (Å²) in [5, 5.41) is 10.1. The number of nitrogens with two attached hydrogens (primary N) is 1. The number of amides is 1. The second-order valence-electron chi connectivity index (χ2n) is 4.29. The largest absolute Gasteiger partial charge is 0.507 e. The van der Waals surface area contributed by atoms with Gasteiger partial charge in [0, 0.05) is 24.2 Å². The molecule has 0 aromatic heterocycles. The Hall–Kier alpha value is -1.26. The number of phenols is 1. The fourth-order valence-corrected chi connectivity index (χ4v) is 2.12. The Morgan fingerprint density at radius 3 is 2.65 bits per heavy atom. The van der Waals surface area contributed by atoms with Gasteiger partial charge in [0.2, 0.25) is 0 Å². The Morgan fingerprint density at radius 2 is 2.06 bits per heavy atom. The lowest BCUT2D eigenvalue weighted by Gasteiger charge is -2.30. The van der Waals surface area contributed by atoms with E-state index in [0.717, 1.165) is 12.8 Å². The van der Waals surface area contributed by atoms with E-state index in [1.54, 1.807) is 17.0 Å². The summed E-state index contributed by atoms with van der Waals surface area (Å²) in [6.45, 7) is 1.28. The highest BCUT2D eigenvalue weighted by atomic mass is 35.5. The van der Waals surface area contributed by atoms with E-state index in [4.69, 9.17) is 17.3 Å². The van der Waals surface area contributed by atoms with Gasteiger partial charge in [-0.2, -0.15) is 0 Å². The Morgan fingerprint density at radius 1 is 1.41 bits per heavy atom. The number of piperidine rings is 1. The molecule has 1 aliphatic heterocycles. The van der Waals surface area contributed by atoms with Crippen LogP contribution < -0.4 is 5.73 Å². The number of carbonyl (C=O) groups excluding carboxylic acids is 1. The van der Waals surface area contributed by atoms with E-state index in [-0.39, 0.29) is 17.7 Å². The van der Waals surface area contributed by atoms with E-state index in [1.165, 1.54) is 6.07 Å². The van der Waals surface area contributed by atoms with Gasteiger partial charge in [-0.05, 0) is 31.0 Å². The van der Waals surface area contributed by atoms with Crippen molar-refractivity contribution in [2.45, 2.75) is 18.9 Å². The van der Waals surface area contributed by atoms with Crippen molar-refractivity contribution in [1.82, 2.24) is 4.90 Å². The number of aromatic hydroxyl groups is 1. The molecule has 92 valence electrons. The number of phenolic OH excluding ortho intramolecular Hbond substituents is 1. The molecule has 0 saturated carbocycles. The maximum Gasteiger partial charge on any atom is 0.257 e. The van der Waals surface area contributed by atoms with Crippen LogP contribution in [0.2, 0.25) is 5.02 Å². The molecule has 0 radical (unpaired) electrons. The van der Waals surface area contributed by atoms with E-state index in [2.05, 4.69) is 0 Å². The zero-order valence-electron chi connectivity index (χ0n) is 9.40. The zero-order valence-corrected chi connectivity index (χ0v) is 10.2. The summed E-state index contributed by atoms with van der Waals surface area (Å²) < 4.78 is 0. The van der Waals surface area contributed by atoms with E-state index in [1.807, 2.05) is 0 Å². The summed E-state index contributed by atoms with van der Waals surface area (Å²) >= 11 is 5.73. The molecule has 4 nitrogen and oxygen atoms in total. The van der Waals surface area contributed by atoms with Crippen molar-refractivity contribution < 1.29 is 9.90 Å². The van der Waals surface area contributed by atoms with Crippen LogP contribution in [0.4, 0.5) is 0 Å². The first-order valence-corrected chi connectivity index (χ1v) is 5.99. The molecule has 0 spiro atoms. The molecule has 0 unspecified atom stereocenters. The van der Waals surface area contributed by atoms with E-state index in [9.17, 15) is 9.90 Å². The van der Waals surface area contributed by atoms with Crippen molar-refractivity contribution in [2.75, 3.05) is 13.1 Å². The van der Waals surface area contributed by atoms with Gasteiger partial charge >= 0.3 is 0 Å². The molecule has 1 aliphatic rings. The van der Waals surface area contributed by atoms with Crippen molar-refractivity contribution in [1.29, 1.82) is 0 Å². The fourth-order valence-electron chi connectivity index (χ4n) is 1.96. The van der Waals surface area contributed by atoms with E-state index >= 15 is 0 Å². The first-order chi connectivity index (χ1) is 8.08. The Balaban J connectivity index is 2.14. The van der Waals surface area contributed by atoms with E-state index < -0.39 is 0 Å². The number of nitrogens with zero attached hydrogens (tertiary/aromatic N) is 1. The van der Waals surface area contributed by atoms with Crippen molar-refractivity contribution in [3.8, 4) is 5.75 Å². The van der Waals surface area contributed by atoms with Crippen LogP contribution in [0, 0.1) is 0 Å². The molecule has 5 heteroatoms. The molecular formula is C12H15ClN2O2. The van der Waals surface area contributed by atoms with Gasteiger partial charge in [0.25, 0.3) is 5.91 Å². The minimum Gasteiger partial charge on any atom is -0.507 e. The predicted molar refractivity (Wildman–Crippen MR) is 66.2 cm³/mol. The molecule has 1 aromatic carbocycles. The van der Waals surface area contributed by atoms with Crippen LogP contribution in [0.1, 0.15) is 23.2 Å². The lowest BCUT2D eigenvalue weighted by atomic mass is 10.0. The van der Waals surface area contributed by atoms with Gasteiger partial charge in [0.1, 0.15) is 5.75 Å². The molecular weight excluding hydrogens is 240 g/mol. The molecule has 2 rings (SSSR count). The topological polar surface area (TPSA) is 66.6 Å². The molecule has 1 amide bonds. The number of benzene rings is 1. The monoisotopic (exact) mass is 254 g/mol. The minimum atomic E-state index is -0.161. The van der Waals surface area contributed by atoms with Gasteiger partial charge in [-0.1, -0.05) is 11.6 Å². The van der Waals surface area contributed by atoms with Gasteiger partial charge in [-0.3, -0.25) is 4.79 Å². The van der Waals surface area contributed by atoms with Crippen LogP contribution >= 0.6 is 11.6 Å². The number of carbonyl (C=O) groups is 1. The summed E-state index contributed by atoms with van der Waals surface area (Å²) in [6.07, 6.45) is 1.61. The average Bonchev–Trinajstić information content (AvgIpc) is 2.29. The van der Waals surface area contributed by atoms with Crippen LogP contribution in [0.5, 0.6) is 5.75 Å². The molecule has 1 heterocycles. The van der Waals surface area contributed by atoms with Crippen molar-refractivity contribution in [3.05, 3.63) is 28.8 Å². The molecule has 0 atom stereocenters. The number of hydrogen-bond donors (Lipinski definition) is 2. The quantitative estimate of drug-likeness (QED) is 0.800. The van der Waals surface area contributed by atoms with Gasteiger partial charge in [0.15, 0.2) is 0 Å². The smallest absolute Gasteiger partial charge is 0.257 e. The summed E-state index contributed by atoms with van der Waals surface area (Å²) in [6, 6.07) is 4.71.